The van der Waals surface area contributed by atoms with E-state index < -0.39 is 0 Å². The van der Waals surface area contributed by atoms with E-state index in [1.165, 1.54) is 47.9 Å². The second-order valence-electron chi connectivity index (χ2n) is 6.86. The number of hydrogen-bond acceptors (Lipinski definition) is 1. The fourth-order valence-electron chi connectivity index (χ4n) is 2.94. The van der Waals surface area contributed by atoms with Gasteiger partial charge in [0.15, 0.2) is 0 Å². The molecule has 0 heterocycles. The van der Waals surface area contributed by atoms with Gasteiger partial charge in [0.25, 0.3) is 0 Å². The molecule has 0 saturated heterocycles. The highest BCUT2D eigenvalue weighted by Crippen LogP contribution is 2.26. The van der Waals surface area contributed by atoms with Gasteiger partial charge in [-0.2, -0.15) is 0 Å². The molecule has 0 bridgehead atoms. The maximum absolute atomic E-state index is 12.1. The fraction of sp³-hybridized carbons (Fsp3) is 0.550. The Morgan fingerprint density at radius 1 is 1.22 bits per heavy atom. The van der Waals surface area contributed by atoms with Crippen LogP contribution in [-0.4, -0.2) is 6.03 Å². The highest BCUT2D eigenvalue weighted by Gasteiger charge is 2.15. The van der Waals surface area contributed by atoms with E-state index in [-0.39, 0.29) is 12.1 Å². The number of urea groups is 1. The third-order valence-electron chi connectivity index (χ3n) is 4.83. The molecule has 0 saturated carbocycles. The van der Waals surface area contributed by atoms with Gasteiger partial charge in [0.05, 0.1) is 6.04 Å². The topological polar surface area (TPSA) is 41.1 Å². The predicted molar refractivity (Wildman–Crippen MR) is 96.4 cm³/mol. The van der Waals surface area contributed by atoms with E-state index in [4.69, 9.17) is 0 Å². The van der Waals surface area contributed by atoms with Crippen molar-refractivity contribution < 1.29 is 4.79 Å². The molecule has 3 heteroatoms. The summed E-state index contributed by atoms with van der Waals surface area (Å²) in [7, 11) is 0. The summed E-state index contributed by atoms with van der Waals surface area (Å²) < 4.78 is 0. The van der Waals surface area contributed by atoms with Gasteiger partial charge in [-0.3, -0.25) is 0 Å². The van der Waals surface area contributed by atoms with Gasteiger partial charge in [0.2, 0.25) is 0 Å². The van der Waals surface area contributed by atoms with E-state index in [9.17, 15) is 4.79 Å². The number of allylic oxidation sites excluding steroid dienone is 1. The Balaban J connectivity index is 2.02. The zero-order chi connectivity index (χ0) is 16.8. The van der Waals surface area contributed by atoms with Crippen LogP contribution in [0.4, 0.5) is 4.79 Å². The first-order valence-corrected chi connectivity index (χ1v) is 8.86. The van der Waals surface area contributed by atoms with Crippen LogP contribution in [0.3, 0.4) is 0 Å². The van der Waals surface area contributed by atoms with E-state index in [1.54, 1.807) is 6.20 Å². The first kappa shape index (κ1) is 17.6. The first-order valence-electron chi connectivity index (χ1n) is 8.86. The smallest absolute Gasteiger partial charge is 0.319 e. The molecule has 23 heavy (non-hydrogen) atoms. The number of fused-ring (bicyclic) bond motifs is 1. The lowest BCUT2D eigenvalue weighted by atomic mass is 9.89. The van der Waals surface area contributed by atoms with E-state index in [1.807, 2.05) is 6.92 Å². The van der Waals surface area contributed by atoms with Crippen LogP contribution in [-0.2, 0) is 12.8 Å². The lowest BCUT2D eigenvalue weighted by Gasteiger charge is -2.21. The zero-order valence-electron chi connectivity index (χ0n) is 14.9. The number of amides is 2. The third-order valence-corrected chi connectivity index (χ3v) is 4.83. The van der Waals surface area contributed by atoms with Gasteiger partial charge in [-0.05, 0) is 61.6 Å². The van der Waals surface area contributed by atoms with Gasteiger partial charge in [-0.15, -0.1) is 0 Å². The molecule has 0 aliphatic heterocycles. The van der Waals surface area contributed by atoms with Crippen molar-refractivity contribution in [3.63, 3.8) is 0 Å². The zero-order valence-corrected chi connectivity index (χ0v) is 14.9. The van der Waals surface area contributed by atoms with Crippen molar-refractivity contribution in [3.05, 3.63) is 46.7 Å². The maximum atomic E-state index is 12.1. The normalized spacial score (nSPS) is 16.0. The SMILES string of the molecule is CCC(NC(=O)N/C=C(\C)C(C)C)c1ccc2c(c1)CCCC2. The summed E-state index contributed by atoms with van der Waals surface area (Å²) in [5, 5.41) is 5.94. The molecule has 0 radical (unpaired) electrons. The molecule has 2 N–H and O–H groups in total. The van der Waals surface area contributed by atoms with Crippen molar-refractivity contribution >= 4 is 6.03 Å². The number of aryl methyl sites for hydroxylation is 2. The van der Waals surface area contributed by atoms with Gasteiger partial charge >= 0.3 is 6.03 Å². The highest BCUT2D eigenvalue weighted by atomic mass is 16.2. The van der Waals surface area contributed by atoms with Crippen LogP contribution in [0.15, 0.2) is 30.0 Å². The summed E-state index contributed by atoms with van der Waals surface area (Å²) in [6, 6.07) is 6.64. The van der Waals surface area contributed by atoms with Crippen LogP contribution < -0.4 is 10.6 Å². The van der Waals surface area contributed by atoms with Crippen LogP contribution in [0.1, 0.15) is 69.7 Å². The Bertz CT molecular complexity index is 575. The van der Waals surface area contributed by atoms with Crippen LogP contribution in [0.25, 0.3) is 0 Å². The quantitative estimate of drug-likeness (QED) is 0.799. The van der Waals surface area contributed by atoms with E-state index >= 15 is 0 Å². The number of carbonyl (C=O) groups excluding carboxylic acids is 1. The predicted octanol–water partition coefficient (Wildman–Crippen LogP) is 4.88. The van der Waals surface area contributed by atoms with E-state index in [0.717, 1.165) is 6.42 Å². The van der Waals surface area contributed by atoms with Gasteiger partial charge in [-0.25, -0.2) is 4.79 Å². The third kappa shape index (κ3) is 4.85. The molecule has 3 nitrogen and oxygen atoms in total. The summed E-state index contributed by atoms with van der Waals surface area (Å²) in [4.78, 5) is 12.1. The van der Waals surface area contributed by atoms with Crippen molar-refractivity contribution in [2.24, 2.45) is 5.92 Å². The fourth-order valence-corrected chi connectivity index (χ4v) is 2.94. The summed E-state index contributed by atoms with van der Waals surface area (Å²) in [6.45, 7) is 8.38. The second-order valence-corrected chi connectivity index (χ2v) is 6.86. The van der Waals surface area contributed by atoms with Crippen molar-refractivity contribution in [3.8, 4) is 0 Å². The van der Waals surface area contributed by atoms with E-state index in [2.05, 4.69) is 49.6 Å². The minimum atomic E-state index is -0.130. The van der Waals surface area contributed by atoms with Crippen molar-refractivity contribution in [1.29, 1.82) is 0 Å². The van der Waals surface area contributed by atoms with Crippen LogP contribution in [0, 0.1) is 5.92 Å². The Labute approximate surface area is 140 Å². The van der Waals surface area contributed by atoms with E-state index in [0.29, 0.717) is 5.92 Å². The number of carbonyl (C=O) groups is 1. The first-order chi connectivity index (χ1) is 11.0. The molecule has 1 aliphatic rings. The van der Waals surface area contributed by atoms with Gasteiger partial charge in [0, 0.05) is 6.20 Å². The minimum Gasteiger partial charge on any atom is -0.331 e. The molecule has 0 spiro atoms. The van der Waals surface area contributed by atoms with Crippen molar-refractivity contribution in [2.45, 2.75) is 65.8 Å². The summed E-state index contributed by atoms with van der Waals surface area (Å²) >= 11 is 0. The molecule has 1 aromatic rings. The molecule has 2 amide bonds. The maximum Gasteiger partial charge on any atom is 0.319 e. The minimum absolute atomic E-state index is 0.0648. The lowest BCUT2D eigenvalue weighted by molar-refractivity contribution is 0.240. The molecule has 1 atom stereocenters. The summed E-state index contributed by atoms with van der Waals surface area (Å²) in [6.07, 6.45) is 7.63. The second kappa shape index (κ2) is 8.19. The molecule has 1 aromatic carbocycles. The van der Waals surface area contributed by atoms with Gasteiger partial charge in [-0.1, -0.05) is 44.5 Å². The van der Waals surface area contributed by atoms with Crippen LogP contribution in [0.5, 0.6) is 0 Å². The molecule has 2 rings (SSSR count). The molecular formula is C20H30N2O. The largest absolute Gasteiger partial charge is 0.331 e. The van der Waals surface area contributed by atoms with Crippen molar-refractivity contribution in [2.75, 3.05) is 0 Å². The Hall–Kier alpha value is -1.77. The Morgan fingerprint density at radius 3 is 2.57 bits per heavy atom. The number of nitrogens with one attached hydrogen (secondary N) is 2. The van der Waals surface area contributed by atoms with Gasteiger partial charge < -0.3 is 10.6 Å². The monoisotopic (exact) mass is 314 g/mol. The van der Waals surface area contributed by atoms with Gasteiger partial charge in [0.1, 0.15) is 0 Å². The Morgan fingerprint density at radius 2 is 1.91 bits per heavy atom. The standard InChI is InChI=1S/C20H30N2O/c1-5-19(22-20(23)21-13-15(4)14(2)3)18-11-10-16-8-6-7-9-17(16)12-18/h10-14,19H,5-9H2,1-4H3,(H2,21,22,23)/b15-13+. The molecule has 1 unspecified atom stereocenters. The average Bonchev–Trinajstić information content (AvgIpc) is 2.56. The number of hydrogen-bond donors (Lipinski definition) is 2. The summed E-state index contributed by atoms with van der Waals surface area (Å²) in [5.41, 5.74) is 5.33. The molecule has 0 aromatic heterocycles. The highest BCUT2D eigenvalue weighted by molar-refractivity contribution is 5.75. The van der Waals surface area contributed by atoms with Crippen molar-refractivity contribution in [1.82, 2.24) is 10.6 Å². The molecule has 1 aliphatic carbocycles. The lowest BCUT2D eigenvalue weighted by Crippen LogP contribution is -2.35. The van der Waals surface area contributed by atoms with Crippen LogP contribution in [0.2, 0.25) is 0 Å². The average molecular weight is 314 g/mol. The number of benzene rings is 1. The number of rotatable bonds is 5. The molecule has 0 fully saturated rings. The molecular weight excluding hydrogens is 284 g/mol. The Kier molecular flexibility index (Phi) is 6.26. The van der Waals surface area contributed by atoms with Crippen LogP contribution >= 0.6 is 0 Å². The molecule has 126 valence electrons. The summed E-state index contributed by atoms with van der Waals surface area (Å²) in [5.74, 6) is 0.443.